The van der Waals surface area contributed by atoms with Crippen molar-refractivity contribution in [2.24, 2.45) is 0 Å². The van der Waals surface area contributed by atoms with Crippen molar-refractivity contribution in [2.45, 2.75) is 38.0 Å². The monoisotopic (exact) mass is 378 g/mol. The van der Waals surface area contributed by atoms with E-state index in [2.05, 4.69) is 0 Å². The Hall–Kier alpha value is -1.47. The van der Waals surface area contributed by atoms with Crippen molar-refractivity contribution in [3.63, 3.8) is 0 Å². The highest BCUT2D eigenvalue weighted by Crippen LogP contribution is 2.29. The summed E-state index contributed by atoms with van der Waals surface area (Å²) in [5.41, 5.74) is 0. The molecule has 25 heavy (non-hydrogen) atoms. The van der Waals surface area contributed by atoms with Gasteiger partial charge in [0.25, 0.3) is 0 Å². The van der Waals surface area contributed by atoms with E-state index in [0.29, 0.717) is 23.7 Å². The van der Waals surface area contributed by atoms with Crippen molar-refractivity contribution in [2.75, 3.05) is 26.7 Å². The third kappa shape index (κ3) is 5.25. The molecule has 1 aromatic carbocycles. The molecule has 8 heteroatoms. The van der Waals surface area contributed by atoms with Crippen LogP contribution in [0, 0.1) is 0 Å². The summed E-state index contributed by atoms with van der Waals surface area (Å²) in [6.07, 6.45) is -3.79. The minimum atomic E-state index is -4.35. The maximum Gasteiger partial charge on any atom is 0.405 e. The Morgan fingerprint density at radius 1 is 1.32 bits per heavy atom. The Kier molecular flexibility index (Phi) is 6.57. The number of rotatable bonds is 5. The molecule has 4 nitrogen and oxygen atoms in total. The number of amides is 1. The molecule has 1 saturated heterocycles. The van der Waals surface area contributed by atoms with E-state index in [-0.39, 0.29) is 31.5 Å². The first-order valence-electron chi connectivity index (χ1n) is 8.14. The van der Waals surface area contributed by atoms with Crippen molar-refractivity contribution in [3.05, 3.63) is 29.3 Å². The Morgan fingerprint density at radius 3 is 2.64 bits per heavy atom. The van der Waals surface area contributed by atoms with E-state index < -0.39 is 12.2 Å². The molecule has 1 amide bonds. The number of ether oxygens (including phenoxy) is 1. The van der Waals surface area contributed by atoms with Crippen molar-refractivity contribution in [1.29, 1.82) is 0 Å². The third-order valence-corrected chi connectivity index (χ3v) is 4.74. The van der Waals surface area contributed by atoms with E-state index in [1.807, 2.05) is 0 Å². The summed E-state index contributed by atoms with van der Waals surface area (Å²) in [5, 5.41) is 0.481. The standard InChI is InChI=1S/C17H22ClF3N2O2/c1-12-10-23(11-15(22(12)2)17(19,20)21)16(24)8-5-9-25-14-7-4-3-6-13(14)18/h3-4,6-7,12,15H,5,8-11H2,1-2H3. The van der Waals surface area contributed by atoms with E-state index in [0.717, 1.165) is 0 Å². The molecular weight excluding hydrogens is 357 g/mol. The van der Waals surface area contributed by atoms with Gasteiger partial charge in [0.2, 0.25) is 5.91 Å². The predicted octanol–water partition coefficient (Wildman–Crippen LogP) is 3.59. The summed E-state index contributed by atoms with van der Waals surface area (Å²) in [5.74, 6) is 0.249. The lowest BCUT2D eigenvalue weighted by atomic mass is 10.1. The molecule has 0 aromatic heterocycles. The number of piperazine rings is 1. The zero-order valence-corrected chi connectivity index (χ0v) is 15.0. The lowest BCUT2D eigenvalue weighted by molar-refractivity contribution is -0.201. The van der Waals surface area contributed by atoms with Crippen LogP contribution in [0.3, 0.4) is 0 Å². The minimum Gasteiger partial charge on any atom is -0.492 e. The molecule has 0 radical (unpaired) electrons. The normalized spacial score (nSPS) is 22.1. The zero-order chi connectivity index (χ0) is 18.6. The maximum atomic E-state index is 13.1. The predicted molar refractivity (Wildman–Crippen MR) is 89.8 cm³/mol. The molecule has 2 unspecified atom stereocenters. The van der Waals surface area contributed by atoms with Gasteiger partial charge in [-0.05, 0) is 32.5 Å². The van der Waals surface area contributed by atoms with Gasteiger partial charge >= 0.3 is 6.18 Å². The summed E-state index contributed by atoms with van der Waals surface area (Å²) in [4.78, 5) is 14.8. The second-order valence-corrected chi connectivity index (χ2v) is 6.66. The van der Waals surface area contributed by atoms with Crippen molar-refractivity contribution < 1.29 is 22.7 Å². The summed E-state index contributed by atoms with van der Waals surface area (Å²) in [7, 11) is 1.45. The fourth-order valence-corrected chi connectivity index (χ4v) is 3.02. The number of benzene rings is 1. The second kappa shape index (κ2) is 8.27. The van der Waals surface area contributed by atoms with Gasteiger partial charge in [0.05, 0.1) is 11.6 Å². The van der Waals surface area contributed by atoms with Crippen LogP contribution in [0.2, 0.25) is 5.02 Å². The average Bonchev–Trinajstić information content (AvgIpc) is 2.54. The van der Waals surface area contributed by atoms with Crippen LogP contribution in [0.15, 0.2) is 24.3 Å². The van der Waals surface area contributed by atoms with Gasteiger partial charge in [0.15, 0.2) is 0 Å². The Morgan fingerprint density at radius 2 is 2.00 bits per heavy atom. The van der Waals surface area contributed by atoms with E-state index in [4.69, 9.17) is 16.3 Å². The number of para-hydroxylation sites is 1. The van der Waals surface area contributed by atoms with Gasteiger partial charge in [-0.15, -0.1) is 0 Å². The van der Waals surface area contributed by atoms with Crippen LogP contribution in [0.5, 0.6) is 5.75 Å². The number of hydrogen-bond donors (Lipinski definition) is 0. The highest BCUT2D eigenvalue weighted by atomic mass is 35.5. The zero-order valence-electron chi connectivity index (χ0n) is 14.2. The van der Waals surface area contributed by atoms with Crippen LogP contribution in [0.25, 0.3) is 0 Å². The van der Waals surface area contributed by atoms with Gasteiger partial charge in [-0.1, -0.05) is 23.7 Å². The lowest BCUT2D eigenvalue weighted by Gasteiger charge is -2.44. The number of nitrogens with zero attached hydrogens (tertiary/aromatic N) is 2. The van der Waals surface area contributed by atoms with Gasteiger partial charge in [-0.25, -0.2) is 0 Å². The van der Waals surface area contributed by atoms with Crippen LogP contribution in [0.1, 0.15) is 19.8 Å². The van der Waals surface area contributed by atoms with Crippen LogP contribution >= 0.6 is 11.6 Å². The highest BCUT2D eigenvalue weighted by Gasteiger charge is 2.47. The lowest BCUT2D eigenvalue weighted by Crippen LogP contribution is -2.62. The summed E-state index contributed by atoms with van der Waals surface area (Å²) in [6.45, 7) is 1.95. The molecule has 0 saturated carbocycles. The van der Waals surface area contributed by atoms with Gasteiger partial charge in [-0.2, -0.15) is 13.2 Å². The fourth-order valence-electron chi connectivity index (χ4n) is 2.83. The van der Waals surface area contributed by atoms with E-state index in [1.165, 1.54) is 16.8 Å². The molecule has 0 spiro atoms. The molecule has 1 aliphatic rings. The van der Waals surface area contributed by atoms with Crippen LogP contribution < -0.4 is 4.74 Å². The van der Waals surface area contributed by atoms with Crippen molar-refractivity contribution in [1.82, 2.24) is 9.80 Å². The molecule has 1 fully saturated rings. The van der Waals surface area contributed by atoms with E-state index in [9.17, 15) is 18.0 Å². The maximum absolute atomic E-state index is 13.1. The van der Waals surface area contributed by atoms with Crippen molar-refractivity contribution in [3.8, 4) is 5.75 Å². The van der Waals surface area contributed by atoms with E-state index >= 15 is 0 Å². The van der Waals surface area contributed by atoms with Gasteiger partial charge in [0.1, 0.15) is 11.8 Å². The quantitative estimate of drug-likeness (QED) is 0.734. The van der Waals surface area contributed by atoms with Crippen molar-refractivity contribution >= 4 is 17.5 Å². The summed E-state index contributed by atoms with van der Waals surface area (Å²) in [6, 6.07) is 5.02. The summed E-state index contributed by atoms with van der Waals surface area (Å²) < 4.78 is 44.9. The van der Waals surface area contributed by atoms with Gasteiger partial charge < -0.3 is 9.64 Å². The minimum absolute atomic E-state index is 0.144. The molecule has 0 aliphatic carbocycles. The Bertz CT molecular complexity index is 598. The number of halogens is 4. The molecule has 1 aliphatic heterocycles. The molecule has 1 heterocycles. The van der Waals surface area contributed by atoms with Gasteiger partial charge in [-0.3, -0.25) is 9.69 Å². The summed E-state index contributed by atoms with van der Waals surface area (Å²) >= 11 is 5.96. The molecule has 1 aromatic rings. The molecule has 0 bridgehead atoms. The molecule has 140 valence electrons. The van der Waals surface area contributed by atoms with Crippen LogP contribution in [-0.4, -0.2) is 60.7 Å². The average molecular weight is 379 g/mol. The SMILES string of the molecule is CC1CN(C(=O)CCCOc2ccccc2Cl)CC(C(F)(F)F)N1C. The smallest absolute Gasteiger partial charge is 0.405 e. The first-order valence-corrected chi connectivity index (χ1v) is 8.51. The topological polar surface area (TPSA) is 32.8 Å². The van der Waals surface area contributed by atoms with Crippen LogP contribution in [0.4, 0.5) is 13.2 Å². The van der Waals surface area contributed by atoms with Gasteiger partial charge in [0, 0.05) is 25.6 Å². The largest absolute Gasteiger partial charge is 0.492 e. The fraction of sp³-hybridized carbons (Fsp3) is 0.588. The van der Waals surface area contributed by atoms with Crippen LogP contribution in [-0.2, 0) is 4.79 Å². The first kappa shape index (κ1) is 19.8. The number of likely N-dealkylation sites (N-methyl/N-ethyl adjacent to an activating group) is 1. The Labute approximate surface area is 150 Å². The molecule has 2 atom stereocenters. The third-order valence-electron chi connectivity index (χ3n) is 4.42. The number of hydrogen-bond acceptors (Lipinski definition) is 3. The number of carbonyl (C=O) groups excluding carboxylic acids is 1. The number of carbonyl (C=O) groups is 1. The molecule has 2 rings (SSSR count). The Balaban J connectivity index is 1.83. The number of alkyl halides is 3. The van der Waals surface area contributed by atoms with E-state index in [1.54, 1.807) is 31.2 Å². The molecular formula is C17H22ClF3N2O2. The highest BCUT2D eigenvalue weighted by molar-refractivity contribution is 6.32. The second-order valence-electron chi connectivity index (χ2n) is 6.25. The molecule has 0 N–H and O–H groups in total. The first-order chi connectivity index (χ1) is 11.7.